The van der Waals surface area contributed by atoms with Crippen LogP contribution in [0.1, 0.15) is 74.7 Å². The Balaban J connectivity index is 0.929. The highest BCUT2D eigenvalue weighted by molar-refractivity contribution is 5.32. The molecule has 2 heterocycles. The molecule has 2 aromatic rings. The average Bonchev–Trinajstić information content (AvgIpc) is 3.14. The Morgan fingerprint density at radius 1 is 0.667 bits per heavy atom. The fourth-order valence-electron chi connectivity index (χ4n) is 5.48. The largest absolute Gasteiger partial charge is 0.491 e. The van der Waals surface area contributed by atoms with Crippen molar-refractivity contribution >= 4 is 0 Å². The molecule has 0 radical (unpaired) electrons. The molecule has 1 unspecified atom stereocenters. The third-order valence-electron chi connectivity index (χ3n) is 8.49. The van der Waals surface area contributed by atoms with E-state index < -0.39 is 35.8 Å². The number of aryl methyl sites for hydroxylation is 1. The van der Waals surface area contributed by atoms with Gasteiger partial charge in [0.05, 0.1) is 46.2 Å². The smallest absolute Gasteiger partial charge is 0.201 e. The molecule has 2 aromatic carbocycles. The van der Waals surface area contributed by atoms with Crippen LogP contribution in [0.3, 0.4) is 0 Å². The zero-order chi connectivity index (χ0) is 36.4. The van der Waals surface area contributed by atoms with Gasteiger partial charge in [0.1, 0.15) is 12.2 Å². The lowest BCUT2D eigenvalue weighted by atomic mass is 10.1. The van der Waals surface area contributed by atoms with E-state index in [1.165, 1.54) is 31.2 Å². The maximum absolute atomic E-state index is 14.4. The lowest BCUT2D eigenvalue weighted by Crippen LogP contribution is -2.34. The molecule has 4 rings (SSSR count). The Labute approximate surface area is 298 Å². The van der Waals surface area contributed by atoms with Gasteiger partial charge in [-0.1, -0.05) is 18.2 Å². The molecule has 2 aliphatic heterocycles. The number of halogens is 4. The third-order valence-corrected chi connectivity index (χ3v) is 8.49. The van der Waals surface area contributed by atoms with Crippen LogP contribution in [0.2, 0.25) is 0 Å². The molecular weight excluding hydrogens is 676 g/mol. The topological polar surface area (TPSA) is 83.1 Å². The van der Waals surface area contributed by atoms with Crippen LogP contribution < -0.4 is 4.74 Å². The van der Waals surface area contributed by atoms with E-state index in [9.17, 15) is 17.6 Å². The van der Waals surface area contributed by atoms with E-state index in [1.54, 1.807) is 6.92 Å². The first-order valence-electron chi connectivity index (χ1n) is 17.8. The molecule has 13 heteroatoms. The maximum Gasteiger partial charge on any atom is 0.201 e. The van der Waals surface area contributed by atoms with Gasteiger partial charge in [0.25, 0.3) is 0 Å². The van der Waals surface area contributed by atoms with Crippen molar-refractivity contribution in [2.24, 2.45) is 5.92 Å². The quantitative estimate of drug-likeness (QED) is 0.0650. The van der Waals surface area contributed by atoms with E-state index in [4.69, 9.17) is 42.6 Å². The van der Waals surface area contributed by atoms with Crippen molar-refractivity contribution in [1.82, 2.24) is 0 Å². The van der Waals surface area contributed by atoms with Gasteiger partial charge >= 0.3 is 0 Å². The van der Waals surface area contributed by atoms with Crippen molar-refractivity contribution in [2.75, 3.05) is 72.7 Å². The predicted molar refractivity (Wildman–Crippen MR) is 180 cm³/mol. The lowest BCUT2D eigenvalue weighted by Gasteiger charge is -2.30. The van der Waals surface area contributed by atoms with E-state index in [-0.39, 0.29) is 73.6 Å². The van der Waals surface area contributed by atoms with E-state index in [2.05, 4.69) is 6.58 Å². The van der Waals surface area contributed by atoms with Crippen molar-refractivity contribution in [3.05, 3.63) is 76.9 Å². The summed E-state index contributed by atoms with van der Waals surface area (Å²) in [6, 6.07) is 5.78. The summed E-state index contributed by atoms with van der Waals surface area (Å²) in [6.45, 7) is 11.7. The summed E-state index contributed by atoms with van der Waals surface area (Å²) in [5, 5.41) is 0. The zero-order valence-corrected chi connectivity index (χ0v) is 29.7. The highest BCUT2D eigenvalue weighted by Crippen LogP contribution is 2.31. The van der Waals surface area contributed by atoms with Gasteiger partial charge < -0.3 is 42.6 Å². The Kier molecular flexibility index (Phi) is 18.1. The molecule has 2 saturated heterocycles. The number of rotatable bonds is 23. The summed E-state index contributed by atoms with van der Waals surface area (Å²) in [7, 11) is 0. The first-order chi connectivity index (χ1) is 24.8. The molecule has 51 heavy (non-hydrogen) atoms. The Hall–Kier alpha value is -2.62. The van der Waals surface area contributed by atoms with Gasteiger partial charge in [0, 0.05) is 43.5 Å². The van der Waals surface area contributed by atoms with Crippen LogP contribution in [0, 0.1) is 36.1 Å². The van der Waals surface area contributed by atoms with Crippen molar-refractivity contribution < 1.29 is 60.2 Å². The second-order valence-electron chi connectivity index (χ2n) is 12.6. The summed E-state index contributed by atoms with van der Waals surface area (Å²) < 4.78 is 107. The molecule has 0 aromatic heterocycles. The van der Waals surface area contributed by atoms with Gasteiger partial charge in [-0.3, -0.25) is 0 Å². The van der Waals surface area contributed by atoms with Gasteiger partial charge in [0.2, 0.25) is 5.82 Å². The van der Waals surface area contributed by atoms with Crippen molar-refractivity contribution in [2.45, 2.75) is 77.2 Å². The summed E-state index contributed by atoms with van der Waals surface area (Å²) in [5.74, 6) is -3.94. The molecule has 286 valence electrons. The van der Waals surface area contributed by atoms with Crippen LogP contribution in [0.4, 0.5) is 17.6 Å². The molecule has 1 atom stereocenters. The minimum atomic E-state index is -1.05. The van der Waals surface area contributed by atoms with E-state index in [0.29, 0.717) is 39.6 Å². The van der Waals surface area contributed by atoms with Crippen LogP contribution >= 0.6 is 0 Å². The van der Waals surface area contributed by atoms with Gasteiger partial charge in [-0.25, -0.2) is 13.2 Å². The van der Waals surface area contributed by atoms with E-state index in [1.807, 2.05) is 6.08 Å². The number of ether oxygens (including phenoxy) is 9. The maximum atomic E-state index is 14.4. The van der Waals surface area contributed by atoms with Gasteiger partial charge in [-0.15, -0.1) is 6.58 Å². The zero-order valence-electron chi connectivity index (χ0n) is 29.7. The summed E-state index contributed by atoms with van der Waals surface area (Å²) in [4.78, 5) is 0. The van der Waals surface area contributed by atoms with E-state index in [0.717, 1.165) is 38.5 Å². The number of hydrogen-bond donors (Lipinski definition) is 0. The number of hydrogen-bond acceptors (Lipinski definition) is 9. The average molecular weight is 729 g/mol. The molecule has 2 aliphatic rings. The fraction of sp³-hybridized carbons (Fsp3) is 0.632. The van der Waals surface area contributed by atoms with Gasteiger partial charge in [-0.2, -0.15) is 4.39 Å². The predicted octanol–water partition coefficient (Wildman–Crippen LogP) is 7.69. The van der Waals surface area contributed by atoms with Crippen LogP contribution in [0.15, 0.2) is 36.9 Å². The molecule has 9 nitrogen and oxygen atoms in total. The lowest BCUT2D eigenvalue weighted by molar-refractivity contribution is -0.231. The Morgan fingerprint density at radius 2 is 1.14 bits per heavy atom. The molecule has 0 N–H and O–H groups in total. The van der Waals surface area contributed by atoms with Crippen LogP contribution in [0.5, 0.6) is 5.75 Å². The molecule has 0 bridgehead atoms. The molecule has 0 spiro atoms. The van der Waals surface area contributed by atoms with Crippen molar-refractivity contribution in [3.63, 3.8) is 0 Å². The monoisotopic (exact) mass is 728 g/mol. The standard InChI is InChI=1S/C38H52F4O9/c1-4-27(20-43-16-8-6-10-18-46-28-22-48-37(49-23-28)30-13-12-26(3)33(39)34(30)40)21-44-17-9-7-11-19-47-29-24-50-38(51-25-29)31-14-15-32(45-5-2)36(42)35(31)41/h4,12-15,27-29,37-38H,1,5-11,16-25H2,2-3H3. The van der Waals surface area contributed by atoms with Gasteiger partial charge in [0.15, 0.2) is 35.8 Å². The molecule has 0 saturated carbocycles. The second kappa shape index (κ2) is 22.4. The molecule has 2 fully saturated rings. The molecule has 0 amide bonds. The van der Waals surface area contributed by atoms with Crippen LogP contribution in [0.25, 0.3) is 0 Å². The highest BCUT2D eigenvalue weighted by Gasteiger charge is 2.29. The van der Waals surface area contributed by atoms with Gasteiger partial charge in [-0.05, 0) is 70.1 Å². The third kappa shape index (κ3) is 13.1. The fourth-order valence-corrected chi connectivity index (χ4v) is 5.48. The molecular formula is C38H52F4O9. The number of unbranched alkanes of at least 4 members (excludes halogenated alkanes) is 4. The number of benzene rings is 2. The summed E-state index contributed by atoms with van der Waals surface area (Å²) >= 11 is 0. The van der Waals surface area contributed by atoms with E-state index >= 15 is 0 Å². The van der Waals surface area contributed by atoms with Crippen molar-refractivity contribution in [1.29, 1.82) is 0 Å². The highest BCUT2D eigenvalue weighted by atomic mass is 19.2. The summed E-state index contributed by atoms with van der Waals surface area (Å²) in [6.07, 6.45) is 4.76. The second-order valence-corrected chi connectivity index (χ2v) is 12.6. The molecule has 0 aliphatic carbocycles. The minimum absolute atomic E-state index is 0.00297. The van der Waals surface area contributed by atoms with Crippen LogP contribution in [-0.2, 0) is 37.9 Å². The SMILES string of the molecule is C=CC(COCCCCCOC1COC(c2ccc(C)c(F)c2F)OC1)COCCCCCOC1COC(c2ccc(OCC)c(F)c2F)OC1. The first kappa shape index (κ1) is 41.1. The Bertz CT molecular complexity index is 1320. The Morgan fingerprint density at radius 3 is 1.63 bits per heavy atom. The first-order valence-corrected chi connectivity index (χ1v) is 17.8. The van der Waals surface area contributed by atoms with Crippen molar-refractivity contribution in [3.8, 4) is 5.75 Å². The van der Waals surface area contributed by atoms with Crippen LogP contribution in [-0.4, -0.2) is 84.9 Å². The normalized spacial score (nSPS) is 21.5. The summed E-state index contributed by atoms with van der Waals surface area (Å²) in [5.41, 5.74) is 0.290. The minimum Gasteiger partial charge on any atom is -0.491 e.